The predicted octanol–water partition coefficient (Wildman–Crippen LogP) is 3.36. The number of allylic oxidation sites excluding steroid dienone is 1. The van der Waals surface area contributed by atoms with Crippen molar-refractivity contribution in [2.45, 2.75) is 6.42 Å². The fourth-order valence-electron chi connectivity index (χ4n) is 1.34. The molecule has 0 fully saturated rings. The van der Waals surface area contributed by atoms with E-state index in [1.165, 1.54) is 0 Å². The van der Waals surface area contributed by atoms with Crippen LogP contribution in [0.1, 0.15) is 12.0 Å². The average Bonchev–Trinajstić information content (AvgIpc) is 2.65. The first-order valence-corrected chi connectivity index (χ1v) is 4.41. The number of fused-ring (bicyclic) bond motifs is 1. The van der Waals surface area contributed by atoms with Crippen LogP contribution < -0.4 is 0 Å². The molecule has 1 aromatic carbocycles. The quantitative estimate of drug-likeness (QED) is 0.715. The third kappa shape index (κ3) is 1.67. The predicted molar refractivity (Wildman–Crippen MR) is 55.5 cm³/mol. The van der Waals surface area contributed by atoms with Gasteiger partial charge in [-0.05, 0) is 23.8 Å². The van der Waals surface area contributed by atoms with E-state index >= 15 is 0 Å². The Hall–Kier alpha value is -2.01. The van der Waals surface area contributed by atoms with E-state index < -0.39 is 0 Å². The third-order valence-corrected chi connectivity index (χ3v) is 2.00. The lowest BCUT2D eigenvalue weighted by molar-refractivity contribution is 0.616. The molecule has 1 heterocycles. The largest absolute Gasteiger partial charge is 0.464 e. The van der Waals surface area contributed by atoms with Crippen LogP contribution >= 0.6 is 0 Å². The van der Waals surface area contributed by atoms with Gasteiger partial charge in [0.25, 0.3) is 0 Å². The van der Waals surface area contributed by atoms with Crippen LogP contribution in [0.5, 0.6) is 0 Å². The number of nitrogens with zero attached hydrogens (tertiary/aromatic N) is 1. The molecule has 2 rings (SSSR count). The topological polar surface area (TPSA) is 36.9 Å². The number of furan rings is 1. The monoisotopic (exact) mass is 183 g/mol. The van der Waals surface area contributed by atoms with Crippen molar-refractivity contribution in [3.63, 3.8) is 0 Å². The molecular formula is C12H9NO. The summed E-state index contributed by atoms with van der Waals surface area (Å²) in [6, 6.07) is 9.93. The van der Waals surface area contributed by atoms with Crippen LogP contribution in [0.3, 0.4) is 0 Å². The minimum Gasteiger partial charge on any atom is -0.464 e. The molecule has 0 saturated heterocycles. The van der Waals surface area contributed by atoms with Gasteiger partial charge in [-0.2, -0.15) is 5.26 Å². The van der Waals surface area contributed by atoms with Gasteiger partial charge in [0.15, 0.2) is 0 Å². The van der Waals surface area contributed by atoms with Gasteiger partial charge >= 0.3 is 0 Å². The zero-order valence-corrected chi connectivity index (χ0v) is 7.60. The van der Waals surface area contributed by atoms with Crippen molar-refractivity contribution in [3.8, 4) is 6.07 Å². The maximum absolute atomic E-state index is 8.37. The Morgan fingerprint density at radius 2 is 2.29 bits per heavy atom. The summed E-state index contributed by atoms with van der Waals surface area (Å²) in [5.74, 6) is 0. The molecule has 0 aliphatic carbocycles. The third-order valence-electron chi connectivity index (χ3n) is 2.00. The van der Waals surface area contributed by atoms with E-state index in [4.69, 9.17) is 9.68 Å². The van der Waals surface area contributed by atoms with Crippen LogP contribution in [0.15, 0.2) is 41.0 Å². The maximum atomic E-state index is 8.37. The number of rotatable bonds is 2. The zero-order valence-electron chi connectivity index (χ0n) is 7.60. The minimum atomic E-state index is 0.448. The fourth-order valence-corrected chi connectivity index (χ4v) is 1.34. The van der Waals surface area contributed by atoms with Crippen LogP contribution in [0, 0.1) is 11.3 Å². The van der Waals surface area contributed by atoms with Crippen LogP contribution in [-0.2, 0) is 0 Å². The Kier molecular flexibility index (Phi) is 2.33. The van der Waals surface area contributed by atoms with Crippen LogP contribution in [0.25, 0.3) is 17.0 Å². The van der Waals surface area contributed by atoms with E-state index in [-0.39, 0.29) is 0 Å². The van der Waals surface area contributed by atoms with Crippen molar-refractivity contribution in [2.24, 2.45) is 0 Å². The number of hydrogen-bond donors (Lipinski definition) is 0. The highest BCUT2D eigenvalue weighted by molar-refractivity contribution is 5.79. The smallest absolute Gasteiger partial charge is 0.133 e. The summed E-state index contributed by atoms with van der Waals surface area (Å²) in [4.78, 5) is 0. The number of hydrogen-bond acceptors (Lipinski definition) is 2. The first-order chi connectivity index (χ1) is 6.90. The number of benzene rings is 1. The average molecular weight is 183 g/mol. The first-order valence-electron chi connectivity index (χ1n) is 4.41. The Morgan fingerprint density at radius 1 is 1.36 bits per heavy atom. The van der Waals surface area contributed by atoms with Gasteiger partial charge < -0.3 is 4.42 Å². The molecule has 68 valence electrons. The van der Waals surface area contributed by atoms with E-state index in [1.807, 2.05) is 36.4 Å². The van der Waals surface area contributed by atoms with Crippen molar-refractivity contribution in [1.29, 1.82) is 5.26 Å². The van der Waals surface area contributed by atoms with Gasteiger partial charge in [-0.15, -0.1) is 0 Å². The molecule has 0 spiro atoms. The van der Waals surface area contributed by atoms with Gasteiger partial charge in [0.1, 0.15) is 5.58 Å². The summed E-state index contributed by atoms with van der Waals surface area (Å²) < 4.78 is 5.22. The summed E-state index contributed by atoms with van der Waals surface area (Å²) in [5, 5.41) is 9.45. The van der Waals surface area contributed by atoms with Gasteiger partial charge in [-0.1, -0.05) is 18.2 Å². The van der Waals surface area contributed by atoms with Crippen molar-refractivity contribution < 1.29 is 4.42 Å². The Bertz CT molecular complexity index is 502. The van der Waals surface area contributed by atoms with Gasteiger partial charge in [0, 0.05) is 5.39 Å². The van der Waals surface area contributed by atoms with Crippen molar-refractivity contribution in [1.82, 2.24) is 0 Å². The van der Waals surface area contributed by atoms with Gasteiger partial charge in [0.2, 0.25) is 0 Å². The molecule has 0 atom stereocenters. The molecule has 0 aliphatic rings. The molecular weight excluding hydrogens is 174 g/mol. The Labute approximate surface area is 82.1 Å². The molecule has 0 N–H and O–H groups in total. The lowest BCUT2D eigenvalue weighted by atomic mass is 10.1. The van der Waals surface area contributed by atoms with Crippen molar-refractivity contribution >= 4 is 17.0 Å². The second kappa shape index (κ2) is 3.80. The van der Waals surface area contributed by atoms with E-state index in [0.717, 1.165) is 16.5 Å². The highest BCUT2D eigenvalue weighted by atomic mass is 16.3. The van der Waals surface area contributed by atoms with Crippen LogP contribution in [-0.4, -0.2) is 0 Å². The summed E-state index contributed by atoms with van der Waals surface area (Å²) in [7, 11) is 0. The second-order valence-electron chi connectivity index (χ2n) is 2.98. The van der Waals surface area contributed by atoms with Crippen LogP contribution in [0.2, 0.25) is 0 Å². The van der Waals surface area contributed by atoms with Gasteiger partial charge in [-0.25, -0.2) is 0 Å². The molecule has 0 bridgehead atoms. The van der Waals surface area contributed by atoms with Gasteiger partial charge in [0.05, 0.1) is 18.8 Å². The second-order valence-corrected chi connectivity index (χ2v) is 2.98. The maximum Gasteiger partial charge on any atom is 0.133 e. The molecule has 0 saturated carbocycles. The highest BCUT2D eigenvalue weighted by Crippen LogP contribution is 2.17. The molecule has 2 nitrogen and oxygen atoms in total. The minimum absolute atomic E-state index is 0.448. The normalized spacial score (nSPS) is 10.8. The fraction of sp³-hybridized carbons (Fsp3) is 0.0833. The standard InChI is InChI=1S/C12H9NO/c13-7-2-1-3-10-4-5-12-11(9-10)6-8-14-12/h1,3-6,8-9H,2H2. The SMILES string of the molecule is N#CCC=Cc1ccc2occc2c1. The van der Waals surface area contributed by atoms with Crippen molar-refractivity contribution in [2.75, 3.05) is 0 Å². The summed E-state index contributed by atoms with van der Waals surface area (Å²) in [6.45, 7) is 0. The molecule has 0 aliphatic heterocycles. The van der Waals surface area contributed by atoms with Crippen molar-refractivity contribution in [3.05, 3.63) is 42.2 Å². The first kappa shape index (κ1) is 8.58. The molecule has 0 unspecified atom stereocenters. The summed E-state index contributed by atoms with van der Waals surface area (Å²) in [6.07, 6.45) is 5.91. The lowest BCUT2D eigenvalue weighted by Crippen LogP contribution is -1.70. The summed E-state index contributed by atoms with van der Waals surface area (Å²) in [5.41, 5.74) is 1.98. The highest BCUT2D eigenvalue weighted by Gasteiger charge is 1.95. The zero-order chi connectivity index (χ0) is 9.80. The molecule has 0 radical (unpaired) electrons. The molecule has 2 aromatic rings. The van der Waals surface area contributed by atoms with E-state index in [1.54, 1.807) is 6.26 Å². The molecule has 14 heavy (non-hydrogen) atoms. The van der Waals surface area contributed by atoms with Gasteiger partial charge in [-0.3, -0.25) is 0 Å². The van der Waals surface area contributed by atoms with E-state index in [0.29, 0.717) is 6.42 Å². The Balaban J connectivity index is 2.31. The van der Waals surface area contributed by atoms with E-state index in [9.17, 15) is 0 Å². The number of nitriles is 1. The lowest BCUT2D eigenvalue weighted by Gasteiger charge is -1.92. The van der Waals surface area contributed by atoms with E-state index in [2.05, 4.69) is 6.07 Å². The molecule has 0 amide bonds. The summed E-state index contributed by atoms with van der Waals surface area (Å²) >= 11 is 0. The van der Waals surface area contributed by atoms with Crippen LogP contribution in [0.4, 0.5) is 0 Å². The molecule has 1 aromatic heterocycles. The molecule has 2 heteroatoms. The Morgan fingerprint density at radius 3 is 3.14 bits per heavy atom.